The minimum absolute atomic E-state index is 0.580. The summed E-state index contributed by atoms with van der Waals surface area (Å²) in [7, 11) is 5.54. The Hall–Kier alpha value is -2.83. The molecule has 1 aromatic carbocycles. The Labute approximate surface area is 147 Å². The standard InChI is InChI=1S/C18H23N5O2/c1-6-25-16-13(8-7-9-15(16)24-5)11-22(3)17-14-10-19-23(4)18(14)21-12(2)20-17/h7-10H,6,11H2,1-5H3. The summed E-state index contributed by atoms with van der Waals surface area (Å²) in [6.07, 6.45) is 1.80. The second kappa shape index (κ2) is 6.96. The first-order valence-corrected chi connectivity index (χ1v) is 8.21. The summed E-state index contributed by atoms with van der Waals surface area (Å²) in [6, 6.07) is 5.91. The van der Waals surface area contributed by atoms with E-state index in [1.165, 1.54) is 0 Å². The van der Waals surface area contributed by atoms with Gasteiger partial charge in [0.15, 0.2) is 17.1 Å². The second-order valence-corrected chi connectivity index (χ2v) is 5.84. The molecule has 25 heavy (non-hydrogen) atoms. The Morgan fingerprint density at radius 1 is 1.24 bits per heavy atom. The van der Waals surface area contributed by atoms with Gasteiger partial charge in [-0.1, -0.05) is 12.1 Å². The molecule has 0 aliphatic heterocycles. The fourth-order valence-corrected chi connectivity index (χ4v) is 2.89. The molecule has 0 aliphatic rings. The lowest BCUT2D eigenvalue weighted by molar-refractivity contribution is 0.307. The highest BCUT2D eigenvalue weighted by Crippen LogP contribution is 2.33. The van der Waals surface area contributed by atoms with Crippen molar-refractivity contribution in [3.8, 4) is 11.5 Å². The summed E-state index contributed by atoms with van der Waals surface area (Å²) in [4.78, 5) is 11.2. The van der Waals surface area contributed by atoms with Crippen molar-refractivity contribution in [2.24, 2.45) is 7.05 Å². The van der Waals surface area contributed by atoms with E-state index in [0.29, 0.717) is 19.0 Å². The van der Waals surface area contributed by atoms with Crippen LogP contribution < -0.4 is 14.4 Å². The lowest BCUT2D eigenvalue weighted by atomic mass is 10.1. The molecule has 0 aliphatic carbocycles. The predicted molar refractivity (Wildman–Crippen MR) is 97.3 cm³/mol. The molecule has 3 aromatic rings. The molecule has 2 heterocycles. The Bertz CT molecular complexity index is 891. The summed E-state index contributed by atoms with van der Waals surface area (Å²) >= 11 is 0. The summed E-state index contributed by atoms with van der Waals surface area (Å²) in [5.41, 5.74) is 1.86. The highest BCUT2D eigenvalue weighted by Gasteiger charge is 2.17. The van der Waals surface area contributed by atoms with E-state index in [9.17, 15) is 0 Å². The fourth-order valence-electron chi connectivity index (χ4n) is 2.89. The third-order valence-corrected chi connectivity index (χ3v) is 4.02. The first-order chi connectivity index (χ1) is 12.0. The Kier molecular flexibility index (Phi) is 4.74. The van der Waals surface area contributed by atoms with Crippen molar-refractivity contribution in [3.05, 3.63) is 35.8 Å². The van der Waals surface area contributed by atoms with Gasteiger partial charge in [-0.15, -0.1) is 0 Å². The molecule has 0 saturated heterocycles. The zero-order valence-electron chi connectivity index (χ0n) is 15.3. The minimum Gasteiger partial charge on any atom is -0.493 e. The van der Waals surface area contributed by atoms with E-state index in [0.717, 1.165) is 33.9 Å². The molecule has 0 fully saturated rings. The number of para-hydroxylation sites is 1. The summed E-state index contributed by atoms with van der Waals surface area (Å²) < 4.78 is 13.0. The fraction of sp³-hybridized carbons (Fsp3) is 0.389. The van der Waals surface area contributed by atoms with Crippen LogP contribution in [-0.4, -0.2) is 40.5 Å². The van der Waals surface area contributed by atoms with Crippen LogP contribution in [0.2, 0.25) is 0 Å². The number of hydrogen-bond donors (Lipinski definition) is 0. The van der Waals surface area contributed by atoms with Gasteiger partial charge in [0.25, 0.3) is 0 Å². The molecule has 7 heteroatoms. The zero-order valence-corrected chi connectivity index (χ0v) is 15.3. The molecular formula is C18H23N5O2. The third kappa shape index (κ3) is 3.22. The van der Waals surface area contributed by atoms with Gasteiger partial charge in [0.2, 0.25) is 0 Å². The van der Waals surface area contributed by atoms with Crippen LogP contribution in [0.15, 0.2) is 24.4 Å². The Morgan fingerprint density at radius 3 is 2.76 bits per heavy atom. The summed E-state index contributed by atoms with van der Waals surface area (Å²) in [5, 5.41) is 5.23. The maximum atomic E-state index is 5.81. The molecule has 3 rings (SSSR count). The average Bonchev–Trinajstić information content (AvgIpc) is 2.96. The number of aryl methyl sites for hydroxylation is 2. The molecule has 0 spiro atoms. The molecule has 2 aromatic heterocycles. The van der Waals surface area contributed by atoms with E-state index < -0.39 is 0 Å². The monoisotopic (exact) mass is 341 g/mol. The van der Waals surface area contributed by atoms with Gasteiger partial charge in [-0.2, -0.15) is 5.10 Å². The molecular weight excluding hydrogens is 318 g/mol. The van der Waals surface area contributed by atoms with Gasteiger partial charge < -0.3 is 14.4 Å². The second-order valence-electron chi connectivity index (χ2n) is 5.84. The molecule has 0 unspecified atom stereocenters. The van der Waals surface area contributed by atoms with E-state index in [-0.39, 0.29) is 0 Å². The smallest absolute Gasteiger partial charge is 0.166 e. The van der Waals surface area contributed by atoms with Gasteiger partial charge in [0.05, 0.1) is 25.3 Å². The lowest BCUT2D eigenvalue weighted by Crippen LogP contribution is -2.19. The number of benzene rings is 1. The number of aromatic nitrogens is 4. The number of hydrogen-bond acceptors (Lipinski definition) is 6. The van der Waals surface area contributed by atoms with Crippen molar-refractivity contribution in [2.75, 3.05) is 25.7 Å². The number of nitrogens with zero attached hydrogens (tertiary/aromatic N) is 5. The minimum atomic E-state index is 0.580. The molecule has 0 saturated carbocycles. The quantitative estimate of drug-likeness (QED) is 0.687. The number of ether oxygens (including phenoxy) is 2. The van der Waals surface area contributed by atoms with Crippen molar-refractivity contribution in [1.82, 2.24) is 19.7 Å². The molecule has 0 atom stereocenters. The van der Waals surface area contributed by atoms with Crippen LogP contribution >= 0.6 is 0 Å². The largest absolute Gasteiger partial charge is 0.493 e. The van der Waals surface area contributed by atoms with Crippen molar-refractivity contribution >= 4 is 16.9 Å². The van der Waals surface area contributed by atoms with E-state index in [1.807, 2.05) is 46.1 Å². The number of fused-ring (bicyclic) bond motifs is 1. The van der Waals surface area contributed by atoms with Crippen LogP contribution in [-0.2, 0) is 13.6 Å². The van der Waals surface area contributed by atoms with E-state index >= 15 is 0 Å². The summed E-state index contributed by atoms with van der Waals surface area (Å²) in [5.74, 6) is 3.07. The molecule has 0 amide bonds. The van der Waals surface area contributed by atoms with Gasteiger partial charge in [-0.3, -0.25) is 4.68 Å². The maximum absolute atomic E-state index is 5.81. The normalized spacial score (nSPS) is 10.9. The van der Waals surface area contributed by atoms with Crippen LogP contribution in [0.1, 0.15) is 18.3 Å². The Morgan fingerprint density at radius 2 is 2.04 bits per heavy atom. The molecule has 7 nitrogen and oxygen atoms in total. The highest BCUT2D eigenvalue weighted by atomic mass is 16.5. The first kappa shape index (κ1) is 17.0. The predicted octanol–water partition coefficient (Wildman–Crippen LogP) is 2.72. The van der Waals surface area contributed by atoms with Gasteiger partial charge >= 0.3 is 0 Å². The van der Waals surface area contributed by atoms with Gasteiger partial charge in [-0.05, 0) is 19.9 Å². The zero-order chi connectivity index (χ0) is 18.0. The van der Waals surface area contributed by atoms with Gasteiger partial charge in [-0.25, -0.2) is 9.97 Å². The topological polar surface area (TPSA) is 65.3 Å². The van der Waals surface area contributed by atoms with E-state index in [4.69, 9.17) is 9.47 Å². The van der Waals surface area contributed by atoms with Crippen LogP contribution in [0.3, 0.4) is 0 Å². The average molecular weight is 341 g/mol. The van der Waals surface area contributed by atoms with E-state index in [1.54, 1.807) is 18.0 Å². The van der Waals surface area contributed by atoms with Crippen LogP contribution in [0, 0.1) is 6.92 Å². The SMILES string of the molecule is CCOc1c(CN(C)c2nc(C)nc3c2cnn3C)cccc1OC. The molecule has 0 bridgehead atoms. The highest BCUT2D eigenvalue weighted by molar-refractivity contribution is 5.86. The Balaban J connectivity index is 2.00. The lowest BCUT2D eigenvalue weighted by Gasteiger charge is -2.22. The molecule has 132 valence electrons. The van der Waals surface area contributed by atoms with Crippen molar-refractivity contribution in [1.29, 1.82) is 0 Å². The third-order valence-electron chi connectivity index (χ3n) is 4.02. The number of methoxy groups -OCH3 is 1. The maximum Gasteiger partial charge on any atom is 0.166 e. The number of anilines is 1. The van der Waals surface area contributed by atoms with Crippen molar-refractivity contribution in [2.45, 2.75) is 20.4 Å². The van der Waals surface area contributed by atoms with E-state index in [2.05, 4.69) is 20.0 Å². The number of rotatable bonds is 6. The van der Waals surface area contributed by atoms with Gasteiger partial charge in [0.1, 0.15) is 11.6 Å². The first-order valence-electron chi connectivity index (χ1n) is 8.21. The van der Waals surface area contributed by atoms with Crippen LogP contribution in [0.25, 0.3) is 11.0 Å². The van der Waals surface area contributed by atoms with Crippen LogP contribution in [0.5, 0.6) is 11.5 Å². The van der Waals surface area contributed by atoms with Gasteiger partial charge in [0, 0.05) is 26.2 Å². The molecule has 0 N–H and O–H groups in total. The summed E-state index contributed by atoms with van der Waals surface area (Å²) in [6.45, 7) is 5.07. The van der Waals surface area contributed by atoms with Crippen LogP contribution in [0.4, 0.5) is 5.82 Å². The van der Waals surface area contributed by atoms with Crippen molar-refractivity contribution in [3.63, 3.8) is 0 Å². The molecule has 0 radical (unpaired) electrons. The van der Waals surface area contributed by atoms with Crippen molar-refractivity contribution < 1.29 is 9.47 Å².